The molecule has 0 fully saturated rings. The molecule has 8 heteroatoms. The predicted molar refractivity (Wildman–Crippen MR) is 70.3 cm³/mol. The van der Waals surface area contributed by atoms with Gasteiger partial charge in [-0.3, -0.25) is 4.79 Å². The number of thiazole rings is 1. The Morgan fingerprint density at radius 3 is 2.89 bits per heavy atom. The van der Waals surface area contributed by atoms with E-state index in [1.54, 1.807) is 0 Å². The van der Waals surface area contributed by atoms with Crippen molar-refractivity contribution in [2.75, 3.05) is 20.2 Å². The highest BCUT2D eigenvalue weighted by atomic mass is 32.1. The normalized spacial score (nSPS) is 12.1. The van der Waals surface area contributed by atoms with Gasteiger partial charge < -0.3 is 20.9 Å². The van der Waals surface area contributed by atoms with E-state index in [-0.39, 0.29) is 24.1 Å². The largest absolute Gasteiger partial charge is 0.476 e. The van der Waals surface area contributed by atoms with E-state index in [2.05, 4.69) is 10.3 Å². The van der Waals surface area contributed by atoms with Crippen LogP contribution in [0.4, 0.5) is 0 Å². The van der Waals surface area contributed by atoms with Gasteiger partial charge in [-0.25, -0.2) is 9.78 Å². The molecule has 0 aliphatic carbocycles. The molecule has 0 saturated heterocycles. The molecule has 106 valence electrons. The van der Waals surface area contributed by atoms with Crippen LogP contribution in [0.1, 0.15) is 21.9 Å². The third-order valence-corrected chi connectivity index (χ3v) is 3.35. The lowest BCUT2D eigenvalue weighted by Gasteiger charge is -2.12. The molecule has 1 rings (SSSR count). The van der Waals surface area contributed by atoms with Crippen LogP contribution >= 0.6 is 11.3 Å². The second kappa shape index (κ2) is 7.82. The molecular weight excluding hydrogens is 270 g/mol. The van der Waals surface area contributed by atoms with Crippen molar-refractivity contribution in [1.82, 2.24) is 10.3 Å². The van der Waals surface area contributed by atoms with Gasteiger partial charge in [0.25, 0.3) is 0 Å². The third kappa shape index (κ3) is 5.33. The van der Waals surface area contributed by atoms with E-state index in [1.165, 1.54) is 23.8 Å². The van der Waals surface area contributed by atoms with Crippen LogP contribution in [0.25, 0.3) is 0 Å². The van der Waals surface area contributed by atoms with Gasteiger partial charge in [-0.2, -0.15) is 0 Å². The van der Waals surface area contributed by atoms with E-state index in [1.807, 2.05) is 0 Å². The molecule has 4 N–H and O–H groups in total. The molecule has 0 aliphatic rings. The second-order valence-electron chi connectivity index (χ2n) is 3.83. The molecule has 1 heterocycles. The van der Waals surface area contributed by atoms with Crippen LogP contribution in [-0.2, 0) is 16.0 Å². The minimum atomic E-state index is -1.04. The molecular formula is C11H17N3O4S. The van der Waals surface area contributed by atoms with Gasteiger partial charge in [-0.1, -0.05) is 0 Å². The molecule has 0 spiro atoms. The van der Waals surface area contributed by atoms with Crippen molar-refractivity contribution in [3.63, 3.8) is 0 Å². The van der Waals surface area contributed by atoms with Gasteiger partial charge in [-0.15, -0.1) is 11.3 Å². The topological polar surface area (TPSA) is 115 Å². The molecule has 0 bridgehead atoms. The number of nitrogens with zero attached hydrogens (tertiary/aromatic N) is 1. The molecule has 1 atom stereocenters. The highest BCUT2D eigenvalue weighted by Crippen LogP contribution is 2.09. The Labute approximate surface area is 114 Å². The maximum absolute atomic E-state index is 11.5. The molecule has 1 amide bonds. The summed E-state index contributed by atoms with van der Waals surface area (Å²) in [5, 5.41) is 13.6. The standard InChI is InChI=1S/C11H17N3O4S/c1-18-7(5-12)4-9(15)13-3-2-10-14-8(6-19-10)11(16)17/h6-7H,2-5,12H2,1H3,(H,13,15)(H,16,17). The summed E-state index contributed by atoms with van der Waals surface area (Å²) in [4.78, 5) is 26.1. The van der Waals surface area contributed by atoms with E-state index in [0.29, 0.717) is 24.5 Å². The smallest absolute Gasteiger partial charge is 0.355 e. The summed E-state index contributed by atoms with van der Waals surface area (Å²) in [5.41, 5.74) is 5.45. The van der Waals surface area contributed by atoms with Crippen molar-refractivity contribution in [3.05, 3.63) is 16.1 Å². The third-order valence-electron chi connectivity index (χ3n) is 2.44. The van der Waals surface area contributed by atoms with Gasteiger partial charge in [0.1, 0.15) is 0 Å². The van der Waals surface area contributed by atoms with Gasteiger partial charge in [-0.05, 0) is 0 Å². The summed E-state index contributed by atoms with van der Waals surface area (Å²) in [6.07, 6.45) is 0.438. The second-order valence-corrected chi connectivity index (χ2v) is 4.77. The van der Waals surface area contributed by atoms with Gasteiger partial charge in [0.2, 0.25) is 5.91 Å². The van der Waals surface area contributed by atoms with Gasteiger partial charge >= 0.3 is 5.97 Å². The van der Waals surface area contributed by atoms with Crippen LogP contribution < -0.4 is 11.1 Å². The summed E-state index contributed by atoms with van der Waals surface area (Å²) < 4.78 is 5.00. The molecule has 1 aromatic heterocycles. The monoisotopic (exact) mass is 287 g/mol. The lowest BCUT2D eigenvalue weighted by molar-refractivity contribution is -0.123. The number of carboxylic acid groups (broad SMARTS) is 1. The lowest BCUT2D eigenvalue weighted by Crippen LogP contribution is -2.33. The zero-order valence-electron chi connectivity index (χ0n) is 10.6. The molecule has 0 saturated carbocycles. The summed E-state index contributed by atoms with van der Waals surface area (Å²) >= 11 is 1.26. The van der Waals surface area contributed by atoms with Crippen molar-refractivity contribution in [1.29, 1.82) is 0 Å². The zero-order valence-corrected chi connectivity index (χ0v) is 11.4. The number of amides is 1. The number of hydrogen-bond donors (Lipinski definition) is 3. The SMILES string of the molecule is COC(CN)CC(=O)NCCc1nc(C(=O)O)cs1. The Morgan fingerprint density at radius 1 is 1.63 bits per heavy atom. The van der Waals surface area contributed by atoms with Crippen LogP contribution in [0.2, 0.25) is 0 Å². The minimum absolute atomic E-state index is 0.0360. The molecule has 19 heavy (non-hydrogen) atoms. The van der Waals surface area contributed by atoms with Gasteiger partial charge in [0.05, 0.1) is 17.5 Å². The molecule has 0 aromatic carbocycles. The average Bonchev–Trinajstić information content (AvgIpc) is 2.85. The van der Waals surface area contributed by atoms with Crippen LogP contribution in [0.15, 0.2) is 5.38 Å². The van der Waals surface area contributed by atoms with E-state index in [4.69, 9.17) is 15.6 Å². The fraction of sp³-hybridized carbons (Fsp3) is 0.545. The van der Waals surface area contributed by atoms with Crippen molar-refractivity contribution in [3.8, 4) is 0 Å². The quantitative estimate of drug-likeness (QED) is 0.613. The Bertz CT molecular complexity index is 431. The highest BCUT2D eigenvalue weighted by Gasteiger charge is 2.12. The minimum Gasteiger partial charge on any atom is -0.476 e. The summed E-state index contributed by atoms with van der Waals surface area (Å²) in [6.45, 7) is 0.699. The molecule has 1 aromatic rings. The van der Waals surface area contributed by atoms with Crippen LogP contribution in [-0.4, -0.2) is 48.3 Å². The molecule has 7 nitrogen and oxygen atoms in total. The molecule has 1 unspecified atom stereocenters. The highest BCUT2D eigenvalue weighted by molar-refractivity contribution is 7.09. The Hall–Kier alpha value is -1.51. The number of hydrogen-bond acceptors (Lipinski definition) is 6. The first-order valence-corrected chi connectivity index (χ1v) is 6.62. The molecule has 0 aliphatic heterocycles. The lowest BCUT2D eigenvalue weighted by atomic mass is 10.2. The number of aromatic carboxylic acids is 1. The number of carbonyl (C=O) groups excluding carboxylic acids is 1. The predicted octanol–water partition coefficient (Wildman–Crippen LogP) is -0.136. The number of aromatic nitrogens is 1. The first-order chi connectivity index (χ1) is 9.06. The Kier molecular flexibility index (Phi) is 6.40. The number of nitrogens with two attached hydrogens (primary N) is 1. The number of nitrogens with one attached hydrogen (secondary N) is 1. The van der Waals surface area contributed by atoms with Crippen LogP contribution in [0.3, 0.4) is 0 Å². The number of rotatable bonds is 8. The van der Waals surface area contributed by atoms with Gasteiger partial charge in [0.15, 0.2) is 5.69 Å². The first-order valence-electron chi connectivity index (χ1n) is 5.74. The zero-order chi connectivity index (χ0) is 14.3. The summed E-state index contributed by atoms with van der Waals surface area (Å²) in [5.74, 6) is -1.19. The number of methoxy groups -OCH3 is 1. The van der Waals surface area contributed by atoms with E-state index >= 15 is 0 Å². The fourth-order valence-electron chi connectivity index (χ4n) is 1.37. The number of carboxylic acids is 1. The van der Waals surface area contributed by atoms with E-state index < -0.39 is 5.97 Å². The molecule has 0 radical (unpaired) electrons. The summed E-state index contributed by atoms with van der Waals surface area (Å²) in [6, 6.07) is 0. The van der Waals surface area contributed by atoms with Crippen molar-refractivity contribution < 1.29 is 19.4 Å². The van der Waals surface area contributed by atoms with Crippen molar-refractivity contribution >= 4 is 23.2 Å². The van der Waals surface area contributed by atoms with Crippen molar-refractivity contribution in [2.45, 2.75) is 18.9 Å². The average molecular weight is 287 g/mol. The fourth-order valence-corrected chi connectivity index (χ4v) is 2.15. The number of ether oxygens (including phenoxy) is 1. The van der Waals surface area contributed by atoms with E-state index in [0.717, 1.165) is 0 Å². The number of carbonyl (C=O) groups is 2. The Balaban J connectivity index is 2.29. The first kappa shape index (κ1) is 15.5. The van der Waals surface area contributed by atoms with Crippen LogP contribution in [0, 0.1) is 0 Å². The van der Waals surface area contributed by atoms with Crippen LogP contribution in [0.5, 0.6) is 0 Å². The maximum atomic E-state index is 11.5. The van der Waals surface area contributed by atoms with Crippen molar-refractivity contribution in [2.24, 2.45) is 5.73 Å². The van der Waals surface area contributed by atoms with E-state index in [9.17, 15) is 9.59 Å². The summed E-state index contributed by atoms with van der Waals surface area (Å²) in [7, 11) is 1.51. The maximum Gasteiger partial charge on any atom is 0.355 e. The van der Waals surface area contributed by atoms with Gasteiger partial charge in [0, 0.05) is 32.0 Å². The Morgan fingerprint density at radius 2 is 2.37 bits per heavy atom.